The average Bonchev–Trinajstić information content (AvgIpc) is 2.77. The highest BCUT2D eigenvalue weighted by Crippen LogP contribution is 2.35. The summed E-state index contributed by atoms with van der Waals surface area (Å²) in [5.41, 5.74) is 0.900. The molecule has 1 amide bonds. The first-order valence-electron chi connectivity index (χ1n) is 9.72. The minimum absolute atomic E-state index is 0.0631. The van der Waals surface area contributed by atoms with E-state index in [2.05, 4.69) is 5.32 Å². The third-order valence-electron chi connectivity index (χ3n) is 5.48. The highest BCUT2D eigenvalue weighted by Gasteiger charge is 2.35. The first-order valence-corrected chi connectivity index (χ1v) is 11.4. The number of hydrogen-bond acceptors (Lipinski definition) is 5. The van der Waals surface area contributed by atoms with Crippen molar-refractivity contribution in [1.29, 1.82) is 0 Å². The molecule has 0 unspecified atom stereocenters. The number of methoxy groups -OCH3 is 1. The van der Waals surface area contributed by atoms with Crippen molar-refractivity contribution in [2.24, 2.45) is 0 Å². The molecule has 0 bridgehead atoms. The van der Waals surface area contributed by atoms with E-state index in [4.69, 9.17) is 9.47 Å². The fourth-order valence-corrected chi connectivity index (χ4v) is 4.86. The molecule has 6 nitrogen and oxygen atoms in total. The Hall–Kier alpha value is -2.38. The molecule has 1 heterocycles. The van der Waals surface area contributed by atoms with Gasteiger partial charge in [0.1, 0.15) is 5.75 Å². The third kappa shape index (κ3) is 5.36. The van der Waals surface area contributed by atoms with Crippen molar-refractivity contribution in [2.75, 3.05) is 32.6 Å². The molecule has 1 aliphatic heterocycles. The Kier molecular flexibility index (Phi) is 6.92. The highest BCUT2D eigenvalue weighted by atomic mass is 32.2. The summed E-state index contributed by atoms with van der Waals surface area (Å²) in [6.07, 6.45) is 1.52. The highest BCUT2D eigenvalue weighted by molar-refractivity contribution is 7.91. The molecule has 156 valence electrons. The van der Waals surface area contributed by atoms with Crippen LogP contribution in [0.2, 0.25) is 0 Å². The van der Waals surface area contributed by atoms with Crippen molar-refractivity contribution < 1.29 is 22.7 Å². The maximum Gasteiger partial charge on any atom is 0.221 e. The molecular weight excluding hydrogens is 390 g/mol. The van der Waals surface area contributed by atoms with Gasteiger partial charge in [-0.2, -0.15) is 0 Å². The van der Waals surface area contributed by atoms with E-state index in [1.54, 1.807) is 37.4 Å². The van der Waals surface area contributed by atoms with Gasteiger partial charge in [0.05, 0.1) is 17.8 Å². The predicted octanol–water partition coefficient (Wildman–Crippen LogP) is 2.72. The van der Waals surface area contributed by atoms with Crippen LogP contribution in [0, 0.1) is 0 Å². The minimum Gasteiger partial charge on any atom is -0.497 e. The molecule has 2 aromatic carbocycles. The largest absolute Gasteiger partial charge is 0.497 e. The first-order chi connectivity index (χ1) is 14.0. The quantitative estimate of drug-likeness (QED) is 0.714. The Labute approximate surface area is 172 Å². The lowest BCUT2D eigenvalue weighted by molar-refractivity contribution is -0.121. The summed E-state index contributed by atoms with van der Waals surface area (Å²) in [5, 5.41) is 2.95. The maximum atomic E-state index is 12.4. The maximum absolute atomic E-state index is 12.4. The van der Waals surface area contributed by atoms with Crippen LogP contribution in [-0.4, -0.2) is 46.9 Å². The summed E-state index contributed by atoms with van der Waals surface area (Å²) in [5.74, 6) is 0.316. The van der Waals surface area contributed by atoms with E-state index in [0.29, 0.717) is 19.8 Å². The summed E-state index contributed by atoms with van der Waals surface area (Å²) in [6, 6.07) is 16.1. The van der Waals surface area contributed by atoms with Crippen LogP contribution in [0.5, 0.6) is 5.75 Å². The van der Waals surface area contributed by atoms with Gasteiger partial charge in [-0.15, -0.1) is 0 Å². The van der Waals surface area contributed by atoms with Crippen molar-refractivity contribution in [2.45, 2.75) is 29.6 Å². The van der Waals surface area contributed by atoms with Gasteiger partial charge in [-0.05, 0) is 42.7 Å². The van der Waals surface area contributed by atoms with Crippen LogP contribution in [0.1, 0.15) is 24.8 Å². The first kappa shape index (κ1) is 21.3. The predicted molar refractivity (Wildman–Crippen MR) is 111 cm³/mol. The lowest BCUT2D eigenvalue weighted by Gasteiger charge is -2.38. The Morgan fingerprint density at radius 2 is 1.72 bits per heavy atom. The van der Waals surface area contributed by atoms with E-state index < -0.39 is 9.84 Å². The molecule has 1 fully saturated rings. The number of nitrogens with one attached hydrogen (secondary N) is 1. The summed E-state index contributed by atoms with van der Waals surface area (Å²) < 4.78 is 35.5. The van der Waals surface area contributed by atoms with E-state index >= 15 is 0 Å². The lowest BCUT2D eigenvalue weighted by Crippen LogP contribution is -2.44. The minimum atomic E-state index is -3.47. The Morgan fingerprint density at radius 3 is 2.34 bits per heavy atom. The molecule has 0 atom stereocenters. The number of hydrogen-bond donors (Lipinski definition) is 1. The fourth-order valence-electron chi connectivity index (χ4n) is 3.60. The topological polar surface area (TPSA) is 81.7 Å². The number of amides is 1. The van der Waals surface area contributed by atoms with Gasteiger partial charge in [0, 0.05) is 31.6 Å². The molecule has 3 rings (SSSR count). The molecule has 0 aromatic heterocycles. The second-order valence-electron chi connectivity index (χ2n) is 7.28. The normalized spacial score (nSPS) is 16.2. The Bertz CT molecular complexity index is 904. The molecule has 1 aliphatic rings. The summed E-state index contributed by atoms with van der Waals surface area (Å²) in [4.78, 5) is 12.7. The van der Waals surface area contributed by atoms with Crippen molar-refractivity contribution >= 4 is 15.7 Å². The van der Waals surface area contributed by atoms with Crippen LogP contribution in [-0.2, 0) is 24.8 Å². The van der Waals surface area contributed by atoms with Gasteiger partial charge in [-0.1, -0.05) is 30.3 Å². The van der Waals surface area contributed by atoms with E-state index in [-0.39, 0.29) is 28.4 Å². The Balaban J connectivity index is 1.62. The van der Waals surface area contributed by atoms with Crippen LogP contribution in [0.15, 0.2) is 59.5 Å². The number of carbonyl (C=O) groups is 1. The molecule has 2 aromatic rings. The molecule has 0 spiro atoms. The fraction of sp³-hybridized carbons (Fsp3) is 0.409. The van der Waals surface area contributed by atoms with Gasteiger partial charge >= 0.3 is 0 Å². The molecule has 0 saturated carbocycles. The van der Waals surface area contributed by atoms with E-state index in [9.17, 15) is 13.2 Å². The summed E-state index contributed by atoms with van der Waals surface area (Å²) in [6.45, 7) is 1.71. The average molecular weight is 418 g/mol. The van der Waals surface area contributed by atoms with Crippen molar-refractivity contribution in [1.82, 2.24) is 5.32 Å². The van der Waals surface area contributed by atoms with Crippen LogP contribution in [0.3, 0.4) is 0 Å². The number of rotatable bonds is 8. The van der Waals surface area contributed by atoms with Gasteiger partial charge < -0.3 is 14.8 Å². The molecule has 29 heavy (non-hydrogen) atoms. The summed E-state index contributed by atoms with van der Waals surface area (Å²) in [7, 11) is -1.84. The second-order valence-corrected chi connectivity index (χ2v) is 9.39. The van der Waals surface area contributed by atoms with E-state index in [0.717, 1.165) is 24.2 Å². The summed E-state index contributed by atoms with van der Waals surface area (Å²) >= 11 is 0. The molecule has 7 heteroatoms. The number of benzene rings is 2. The van der Waals surface area contributed by atoms with Crippen molar-refractivity contribution in [3.05, 3.63) is 60.2 Å². The number of carbonyl (C=O) groups excluding carboxylic acids is 1. The van der Waals surface area contributed by atoms with Crippen LogP contribution in [0.4, 0.5) is 0 Å². The van der Waals surface area contributed by atoms with Gasteiger partial charge in [0.2, 0.25) is 5.91 Å². The molecule has 0 radical (unpaired) electrons. The van der Waals surface area contributed by atoms with Gasteiger partial charge in [0.25, 0.3) is 0 Å². The zero-order valence-corrected chi connectivity index (χ0v) is 17.4. The Morgan fingerprint density at radius 1 is 1.07 bits per heavy atom. The SMILES string of the molecule is COc1ccc(C2(CNC(=O)CCS(=O)(=O)c3ccccc3)CCOCC2)cc1. The smallest absolute Gasteiger partial charge is 0.221 e. The van der Waals surface area contributed by atoms with Crippen LogP contribution < -0.4 is 10.1 Å². The molecular formula is C22H27NO5S. The standard InChI is InChI=1S/C22H27NO5S/c1-27-19-9-7-18(8-10-19)22(12-14-28-15-13-22)17-23-21(24)11-16-29(25,26)20-5-3-2-4-6-20/h2-10H,11-17H2,1H3,(H,23,24). The molecule has 1 saturated heterocycles. The van der Waals surface area contributed by atoms with Gasteiger partial charge in [-0.25, -0.2) is 8.42 Å². The van der Waals surface area contributed by atoms with Gasteiger partial charge in [-0.3, -0.25) is 4.79 Å². The van der Waals surface area contributed by atoms with Crippen LogP contribution >= 0.6 is 0 Å². The molecule has 1 N–H and O–H groups in total. The van der Waals surface area contributed by atoms with E-state index in [1.807, 2.05) is 24.3 Å². The molecule has 0 aliphatic carbocycles. The van der Waals surface area contributed by atoms with Crippen molar-refractivity contribution in [3.63, 3.8) is 0 Å². The number of ether oxygens (including phenoxy) is 2. The zero-order chi connectivity index (χ0) is 20.7. The number of sulfone groups is 1. The van der Waals surface area contributed by atoms with Gasteiger partial charge in [0.15, 0.2) is 9.84 Å². The van der Waals surface area contributed by atoms with Crippen LogP contribution in [0.25, 0.3) is 0 Å². The lowest BCUT2D eigenvalue weighted by atomic mass is 9.74. The second kappa shape index (κ2) is 9.41. The van der Waals surface area contributed by atoms with Crippen molar-refractivity contribution in [3.8, 4) is 5.75 Å². The third-order valence-corrected chi connectivity index (χ3v) is 7.21. The van der Waals surface area contributed by atoms with E-state index in [1.165, 1.54) is 0 Å². The monoisotopic (exact) mass is 417 g/mol. The zero-order valence-electron chi connectivity index (χ0n) is 16.6.